The molecule has 0 unspecified atom stereocenters. The number of phenols is 1. The molecular weight excluding hydrogens is 398 g/mol. The molecule has 1 aromatic heterocycles. The number of carbonyl (C=O) groups is 1. The van der Waals surface area contributed by atoms with E-state index in [1.165, 1.54) is 33.8 Å². The van der Waals surface area contributed by atoms with Crippen LogP contribution in [0.25, 0.3) is 0 Å². The molecule has 1 amide bonds. The predicted molar refractivity (Wildman–Crippen MR) is 112 cm³/mol. The Labute approximate surface area is 170 Å². The first-order valence-electron chi connectivity index (χ1n) is 9.35. The molecule has 0 aliphatic carbocycles. The normalized spacial score (nSPS) is 11.8. The maximum absolute atomic E-state index is 12.7. The van der Waals surface area contributed by atoms with E-state index >= 15 is 0 Å². The summed E-state index contributed by atoms with van der Waals surface area (Å²) in [6.45, 7) is 8.04. The highest BCUT2D eigenvalue weighted by atomic mass is 32.2. The molecule has 0 saturated heterocycles. The van der Waals surface area contributed by atoms with Gasteiger partial charge in [0.15, 0.2) is 0 Å². The molecule has 0 saturated carbocycles. The number of nitrogens with zero attached hydrogens (tertiary/aromatic N) is 2. The highest BCUT2D eigenvalue weighted by molar-refractivity contribution is 7.89. The fraction of sp³-hybridized carbons (Fsp3) is 0.474. The molecule has 0 spiro atoms. The second-order valence-electron chi connectivity index (χ2n) is 6.35. The molecule has 0 radical (unpaired) electrons. The van der Waals surface area contributed by atoms with Gasteiger partial charge in [-0.3, -0.25) is 4.79 Å². The number of aryl methyl sites for hydroxylation is 2. The van der Waals surface area contributed by atoms with Gasteiger partial charge in [-0.1, -0.05) is 27.2 Å². The average Bonchev–Trinajstić information content (AvgIpc) is 3.03. The predicted octanol–water partition coefficient (Wildman–Crippen LogP) is 3.78. The smallest absolute Gasteiger partial charge is 0.267 e. The van der Waals surface area contributed by atoms with E-state index in [-0.39, 0.29) is 16.3 Å². The van der Waals surface area contributed by atoms with Gasteiger partial charge in [-0.2, -0.15) is 4.31 Å². The van der Waals surface area contributed by atoms with Crippen molar-refractivity contribution in [2.24, 2.45) is 0 Å². The summed E-state index contributed by atoms with van der Waals surface area (Å²) < 4.78 is 26.7. The minimum Gasteiger partial charge on any atom is -0.506 e. The van der Waals surface area contributed by atoms with Gasteiger partial charge >= 0.3 is 0 Å². The van der Waals surface area contributed by atoms with Gasteiger partial charge in [-0.15, -0.1) is 11.3 Å². The first-order valence-corrected chi connectivity index (χ1v) is 11.6. The number of unbranched alkanes of at least 4 members (excludes halogenated alkanes) is 1. The SMILES string of the molecule is CCCCc1nc(C)c(C(=O)Nc2cc(S(=O)(=O)N(CC)CC)ccc2O)s1. The highest BCUT2D eigenvalue weighted by Crippen LogP contribution is 2.29. The van der Waals surface area contributed by atoms with Crippen LogP contribution in [-0.4, -0.2) is 41.8 Å². The second kappa shape index (κ2) is 9.49. The summed E-state index contributed by atoms with van der Waals surface area (Å²) in [6.07, 6.45) is 2.86. The van der Waals surface area contributed by atoms with Crippen molar-refractivity contribution in [2.45, 2.75) is 51.9 Å². The molecule has 1 heterocycles. The molecule has 0 bridgehead atoms. The topological polar surface area (TPSA) is 99.6 Å². The minimum absolute atomic E-state index is 0.0222. The van der Waals surface area contributed by atoms with E-state index in [0.717, 1.165) is 24.3 Å². The standard InChI is InChI=1S/C19H27N3O4S2/c1-5-8-9-17-20-13(4)18(27-17)19(24)21-15-12-14(10-11-16(15)23)28(25,26)22(6-2)7-3/h10-12,23H,5-9H2,1-4H3,(H,21,24). The van der Waals surface area contributed by atoms with Crippen molar-refractivity contribution in [2.75, 3.05) is 18.4 Å². The van der Waals surface area contributed by atoms with Crippen LogP contribution in [0.2, 0.25) is 0 Å². The van der Waals surface area contributed by atoms with E-state index in [1.54, 1.807) is 20.8 Å². The molecule has 0 atom stereocenters. The lowest BCUT2D eigenvalue weighted by Gasteiger charge is -2.19. The molecule has 1 aromatic carbocycles. The van der Waals surface area contributed by atoms with Crippen LogP contribution in [0.5, 0.6) is 5.75 Å². The van der Waals surface area contributed by atoms with Crippen molar-refractivity contribution in [1.82, 2.24) is 9.29 Å². The van der Waals surface area contributed by atoms with Gasteiger partial charge in [-0.05, 0) is 38.0 Å². The third-order valence-electron chi connectivity index (χ3n) is 4.35. The van der Waals surface area contributed by atoms with Gasteiger partial charge in [0, 0.05) is 13.1 Å². The highest BCUT2D eigenvalue weighted by Gasteiger charge is 2.24. The van der Waals surface area contributed by atoms with E-state index in [4.69, 9.17) is 0 Å². The van der Waals surface area contributed by atoms with Crippen LogP contribution < -0.4 is 5.32 Å². The number of hydrogen-bond donors (Lipinski definition) is 2. The summed E-state index contributed by atoms with van der Waals surface area (Å²) >= 11 is 1.32. The molecule has 7 nitrogen and oxygen atoms in total. The van der Waals surface area contributed by atoms with Crippen molar-refractivity contribution in [3.63, 3.8) is 0 Å². The van der Waals surface area contributed by atoms with E-state index in [2.05, 4.69) is 17.2 Å². The molecule has 0 fully saturated rings. The number of anilines is 1. The number of sulfonamides is 1. The molecule has 2 N–H and O–H groups in total. The van der Waals surface area contributed by atoms with E-state index in [9.17, 15) is 18.3 Å². The summed E-state index contributed by atoms with van der Waals surface area (Å²) in [7, 11) is -3.69. The molecule has 2 rings (SSSR count). The minimum atomic E-state index is -3.69. The Morgan fingerprint density at radius 2 is 1.93 bits per heavy atom. The monoisotopic (exact) mass is 425 g/mol. The Hall–Kier alpha value is -1.97. The largest absolute Gasteiger partial charge is 0.506 e. The van der Waals surface area contributed by atoms with E-state index < -0.39 is 15.9 Å². The molecule has 0 aliphatic heterocycles. The number of rotatable bonds is 9. The van der Waals surface area contributed by atoms with Gasteiger partial charge in [0.05, 0.1) is 21.3 Å². The van der Waals surface area contributed by atoms with Crippen molar-refractivity contribution >= 4 is 33.0 Å². The fourth-order valence-corrected chi connectivity index (χ4v) is 5.25. The van der Waals surface area contributed by atoms with Crippen LogP contribution in [-0.2, 0) is 16.4 Å². The second-order valence-corrected chi connectivity index (χ2v) is 9.37. The summed E-state index contributed by atoms with van der Waals surface area (Å²) in [5, 5.41) is 13.6. The van der Waals surface area contributed by atoms with Crippen LogP contribution in [0.4, 0.5) is 5.69 Å². The quantitative estimate of drug-likeness (QED) is 0.596. The number of thiazole rings is 1. The molecule has 28 heavy (non-hydrogen) atoms. The number of aromatic hydroxyl groups is 1. The fourth-order valence-electron chi connectivity index (χ4n) is 2.77. The average molecular weight is 426 g/mol. The zero-order chi connectivity index (χ0) is 20.9. The summed E-state index contributed by atoms with van der Waals surface area (Å²) in [5.74, 6) is -0.606. The van der Waals surface area contributed by atoms with Crippen molar-refractivity contribution in [3.05, 3.63) is 33.8 Å². The zero-order valence-corrected chi connectivity index (χ0v) is 18.3. The Morgan fingerprint density at radius 1 is 1.25 bits per heavy atom. The Morgan fingerprint density at radius 3 is 2.54 bits per heavy atom. The molecule has 2 aromatic rings. The van der Waals surface area contributed by atoms with Crippen molar-refractivity contribution in [3.8, 4) is 5.75 Å². The van der Waals surface area contributed by atoms with E-state index in [0.29, 0.717) is 23.7 Å². The number of benzene rings is 1. The van der Waals surface area contributed by atoms with Gasteiger partial charge in [0.25, 0.3) is 5.91 Å². The van der Waals surface area contributed by atoms with Gasteiger partial charge < -0.3 is 10.4 Å². The third kappa shape index (κ3) is 4.89. The van der Waals surface area contributed by atoms with Crippen LogP contribution in [0.15, 0.2) is 23.1 Å². The first kappa shape index (κ1) is 22.3. The Bertz CT molecular complexity index is 935. The van der Waals surface area contributed by atoms with Crippen LogP contribution in [0, 0.1) is 6.92 Å². The number of nitrogens with one attached hydrogen (secondary N) is 1. The number of amides is 1. The van der Waals surface area contributed by atoms with E-state index in [1.807, 2.05) is 0 Å². The third-order valence-corrected chi connectivity index (χ3v) is 7.61. The Kier molecular flexibility index (Phi) is 7.56. The number of phenolic OH excluding ortho intramolecular Hbond substituents is 1. The van der Waals surface area contributed by atoms with Crippen molar-refractivity contribution in [1.29, 1.82) is 0 Å². The lowest BCUT2D eigenvalue weighted by atomic mass is 10.2. The number of carbonyl (C=O) groups excluding carboxylic acids is 1. The molecule has 9 heteroatoms. The molecule has 0 aliphatic rings. The first-order chi connectivity index (χ1) is 13.2. The van der Waals surface area contributed by atoms with Crippen LogP contribution in [0.1, 0.15) is 54.0 Å². The lowest BCUT2D eigenvalue weighted by Crippen LogP contribution is -2.30. The molecular formula is C19H27N3O4S2. The van der Waals surface area contributed by atoms with Gasteiger partial charge in [0.2, 0.25) is 10.0 Å². The lowest BCUT2D eigenvalue weighted by molar-refractivity contribution is 0.102. The van der Waals surface area contributed by atoms with Gasteiger partial charge in [-0.25, -0.2) is 13.4 Å². The summed E-state index contributed by atoms with van der Waals surface area (Å²) in [4.78, 5) is 17.6. The molecule has 154 valence electrons. The summed E-state index contributed by atoms with van der Waals surface area (Å²) in [5.41, 5.74) is 0.682. The van der Waals surface area contributed by atoms with Crippen LogP contribution in [0.3, 0.4) is 0 Å². The van der Waals surface area contributed by atoms with Gasteiger partial charge in [0.1, 0.15) is 10.6 Å². The zero-order valence-electron chi connectivity index (χ0n) is 16.7. The number of hydrogen-bond acceptors (Lipinski definition) is 6. The maximum atomic E-state index is 12.7. The van der Waals surface area contributed by atoms with Crippen molar-refractivity contribution < 1.29 is 18.3 Å². The Balaban J connectivity index is 2.29. The maximum Gasteiger partial charge on any atom is 0.267 e. The number of aromatic nitrogens is 1. The van der Waals surface area contributed by atoms with Crippen LogP contribution >= 0.6 is 11.3 Å². The summed E-state index contributed by atoms with van der Waals surface area (Å²) in [6, 6.07) is 3.90.